The van der Waals surface area contributed by atoms with Crippen LogP contribution < -0.4 is 0 Å². The predicted octanol–water partition coefficient (Wildman–Crippen LogP) is 2.74. The summed E-state index contributed by atoms with van der Waals surface area (Å²) in [6, 6.07) is 0. The Morgan fingerprint density at radius 3 is 2.95 bits per heavy atom. The van der Waals surface area contributed by atoms with Crippen LogP contribution in [0.5, 0.6) is 0 Å². The number of esters is 1. The van der Waals surface area contributed by atoms with Crippen LogP contribution in [0.3, 0.4) is 0 Å². The molecule has 0 bridgehead atoms. The van der Waals surface area contributed by atoms with Gasteiger partial charge in [0.2, 0.25) is 0 Å². The fourth-order valence-corrected chi connectivity index (χ4v) is 4.48. The molecule has 0 saturated carbocycles. The molecule has 6 heteroatoms. The molecule has 0 spiro atoms. The molecule has 1 fully saturated rings. The zero-order valence-corrected chi connectivity index (χ0v) is 12.9. The summed E-state index contributed by atoms with van der Waals surface area (Å²) in [5, 5.41) is 0.347. The molecule has 2 rings (SSSR count). The van der Waals surface area contributed by atoms with E-state index in [0.717, 1.165) is 23.0 Å². The Bertz CT molecular complexity index is 448. The van der Waals surface area contributed by atoms with Crippen LogP contribution in [0, 0.1) is 0 Å². The van der Waals surface area contributed by atoms with Gasteiger partial charge < -0.3 is 4.74 Å². The Morgan fingerprint density at radius 1 is 1.47 bits per heavy atom. The second-order valence-electron chi connectivity index (χ2n) is 4.10. The van der Waals surface area contributed by atoms with Crippen LogP contribution >= 0.6 is 23.5 Å². The first-order valence-corrected chi connectivity index (χ1v) is 8.68. The number of carbonyl (C=O) groups excluding carboxylic acids is 1. The average molecular weight is 298 g/mol. The Morgan fingerprint density at radius 2 is 2.32 bits per heavy atom. The van der Waals surface area contributed by atoms with Gasteiger partial charge in [-0.25, -0.2) is 14.8 Å². The minimum absolute atomic E-state index is 0.323. The molecule has 104 valence electrons. The van der Waals surface area contributed by atoms with Gasteiger partial charge in [0, 0.05) is 23.5 Å². The van der Waals surface area contributed by atoms with E-state index in [0.29, 0.717) is 23.8 Å². The summed E-state index contributed by atoms with van der Waals surface area (Å²) in [6.07, 6.45) is 2.34. The van der Waals surface area contributed by atoms with Crippen molar-refractivity contribution in [1.82, 2.24) is 9.97 Å². The van der Waals surface area contributed by atoms with E-state index >= 15 is 0 Å². The predicted molar refractivity (Wildman–Crippen MR) is 79.9 cm³/mol. The summed E-state index contributed by atoms with van der Waals surface area (Å²) in [5.74, 6) is 3.91. The summed E-state index contributed by atoms with van der Waals surface area (Å²) in [4.78, 5) is 20.7. The fraction of sp³-hybridized carbons (Fsp3) is 0.615. The molecule has 4 nitrogen and oxygen atoms in total. The lowest BCUT2D eigenvalue weighted by atomic mass is 10.2. The molecule has 1 saturated heterocycles. The molecule has 19 heavy (non-hydrogen) atoms. The molecule has 0 amide bonds. The van der Waals surface area contributed by atoms with Crippen LogP contribution in [0.4, 0.5) is 0 Å². The summed E-state index contributed by atoms with van der Waals surface area (Å²) in [5.41, 5.74) is 1.29. The van der Waals surface area contributed by atoms with Crippen LogP contribution in [-0.2, 0) is 11.2 Å². The van der Waals surface area contributed by atoms with Gasteiger partial charge in [0.25, 0.3) is 0 Å². The van der Waals surface area contributed by atoms with Crippen molar-refractivity contribution in [1.29, 1.82) is 0 Å². The van der Waals surface area contributed by atoms with E-state index in [4.69, 9.17) is 4.74 Å². The first-order valence-electron chi connectivity index (χ1n) is 6.48. The molecule has 0 aliphatic carbocycles. The van der Waals surface area contributed by atoms with Crippen molar-refractivity contribution in [3.63, 3.8) is 0 Å². The van der Waals surface area contributed by atoms with Gasteiger partial charge in [0.15, 0.2) is 0 Å². The average Bonchev–Trinajstić information content (AvgIpc) is 2.47. The van der Waals surface area contributed by atoms with Crippen LogP contribution in [-0.4, -0.2) is 39.8 Å². The number of carbonyl (C=O) groups is 1. The zero-order chi connectivity index (χ0) is 13.7. The molecule has 0 aromatic carbocycles. The van der Waals surface area contributed by atoms with E-state index in [-0.39, 0.29) is 5.97 Å². The van der Waals surface area contributed by atoms with Gasteiger partial charge >= 0.3 is 5.97 Å². The Hall–Kier alpha value is -0.750. The standard InChI is InChI=1S/C13H18N2O2S2/c1-3-10-9(13(16)17-4-2)7-14-12(15-10)11-8-18-5-6-19-11/h7,11H,3-6,8H2,1-2H3. The minimum atomic E-state index is -0.323. The Labute approximate surface area is 122 Å². The van der Waals surface area contributed by atoms with Crippen LogP contribution in [0.1, 0.15) is 41.0 Å². The third-order valence-corrected chi connectivity index (χ3v) is 5.57. The van der Waals surface area contributed by atoms with Gasteiger partial charge in [0.05, 0.1) is 23.1 Å². The monoisotopic (exact) mass is 298 g/mol. The van der Waals surface area contributed by atoms with E-state index in [2.05, 4.69) is 9.97 Å². The SMILES string of the molecule is CCOC(=O)c1cnc(C2CSCCS2)nc1CC. The zero-order valence-electron chi connectivity index (χ0n) is 11.2. The lowest BCUT2D eigenvalue weighted by Crippen LogP contribution is -2.15. The molecule has 1 atom stereocenters. The van der Waals surface area contributed by atoms with Crippen LogP contribution in [0.25, 0.3) is 0 Å². The first-order chi connectivity index (χ1) is 9.26. The number of aromatic nitrogens is 2. The molecule has 2 heterocycles. The van der Waals surface area contributed by atoms with Crippen molar-refractivity contribution in [2.24, 2.45) is 0 Å². The van der Waals surface area contributed by atoms with E-state index in [1.165, 1.54) is 5.75 Å². The molecule has 0 radical (unpaired) electrons. The number of ether oxygens (including phenoxy) is 1. The van der Waals surface area contributed by atoms with Crippen molar-refractivity contribution in [2.45, 2.75) is 25.5 Å². The van der Waals surface area contributed by atoms with Crippen molar-refractivity contribution in [3.05, 3.63) is 23.3 Å². The van der Waals surface area contributed by atoms with Gasteiger partial charge in [-0.15, -0.1) is 11.8 Å². The molecule has 1 aromatic rings. The number of rotatable bonds is 4. The largest absolute Gasteiger partial charge is 0.462 e. The quantitative estimate of drug-likeness (QED) is 0.797. The van der Waals surface area contributed by atoms with Gasteiger partial charge in [-0.3, -0.25) is 0 Å². The highest BCUT2D eigenvalue weighted by Crippen LogP contribution is 2.35. The summed E-state index contributed by atoms with van der Waals surface area (Å²) >= 11 is 3.84. The van der Waals surface area contributed by atoms with E-state index in [1.54, 1.807) is 13.1 Å². The molecule has 0 N–H and O–H groups in total. The summed E-state index contributed by atoms with van der Waals surface area (Å²) in [7, 11) is 0. The second kappa shape index (κ2) is 7.14. The third-order valence-electron chi connectivity index (χ3n) is 2.82. The topological polar surface area (TPSA) is 52.1 Å². The van der Waals surface area contributed by atoms with E-state index in [9.17, 15) is 4.79 Å². The Balaban J connectivity index is 2.22. The van der Waals surface area contributed by atoms with E-state index in [1.807, 2.05) is 30.4 Å². The lowest BCUT2D eigenvalue weighted by Gasteiger charge is -2.20. The Kier molecular flexibility index (Phi) is 5.51. The molecular formula is C13H18N2O2S2. The fourth-order valence-electron chi connectivity index (χ4n) is 1.87. The maximum absolute atomic E-state index is 11.8. The van der Waals surface area contributed by atoms with Crippen LogP contribution in [0.15, 0.2) is 6.20 Å². The highest BCUT2D eigenvalue weighted by Gasteiger charge is 2.22. The van der Waals surface area contributed by atoms with Gasteiger partial charge in [-0.1, -0.05) is 6.92 Å². The number of hydrogen-bond acceptors (Lipinski definition) is 6. The number of aryl methyl sites for hydroxylation is 1. The molecule has 1 aliphatic heterocycles. The molecular weight excluding hydrogens is 280 g/mol. The van der Waals surface area contributed by atoms with E-state index < -0.39 is 0 Å². The molecule has 1 aromatic heterocycles. The van der Waals surface area contributed by atoms with Crippen molar-refractivity contribution in [3.8, 4) is 0 Å². The van der Waals surface area contributed by atoms with Gasteiger partial charge in [-0.2, -0.15) is 11.8 Å². The normalized spacial score (nSPS) is 19.2. The molecule has 1 unspecified atom stereocenters. The number of thioether (sulfide) groups is 2. The summed E-state index contributed by atoms with van der Waals surface area (Å²) < 4.78 is 5.03. The first kappa shape index (κ1) is 14.7. The lowest BCUT2D eigenvalue weighted by molar-refractivity contribution is 0.0524. The van der Waals surface area contributed by atoms with Crippen molar-refractivity contribution >= 4 is 29.5 Å². The maximum atomic E-state index is 11.8. The second-order valence-corrected chi connectivity index (χ2v) is 6.56. The highest BCUT2D eigenvalue weighted by atomic mass is 32.2. The minimum Gasteiger partial charge on any atom is -0.462 e. The van der Waals surface area contributed by atoms with Gasteiger partial charge in [-0.05, 0) is 13.3 Å². The van der Waals surface area contributed by atoms with Crippen LogP contribution in [0.2, 0.25) is 0 Å². The van der Waals surface area contributed by atoms with Crippen molar-refractivity contribution < 1.29 is 9.53 Å². The smallest absolute Gasteiger partial charge is 0.341 e. The van der Waals surface area contributed by atoms with Crippen molar-refractivity contribution in [2.75, 3.05) is 23.9 Å². The maximum Gasteiger partial charge on any atom is 0.341 e. The molecule has 1 aliphatic rings. The third kappa shape index (κ3) is 3.63. The van der Waals surface area contributed by atoms with Gasteiger partial charge in [0.1, 0.15) is 5.82 Å². The number of hydrogen-bond donors (Lipinski definition) is 0. The highest BCUT2D eigenvalue weighted by molar-refractivity contribution is 8.06. The number of nitrogens with zero attached hydrogens (tertiary/aromatic N) is 2. The summed E-state index contributed by atoms with van der Waals surface area (Å²) in [6.45, 7) is 4.17.